The summed E-state index contributed by atoms with van der Waals surface area (Å²) in [6, 6.07) is 8.29. The molecule has 1 fully saturated rings. The number of ether oxygens (including phenoxy) is 1. The molecule has 1 heterocycles. The van der Waals surface area contributed by atoms with Crippen molar-refractivity contribution in [2.75, 3.05) is 0 Å². The fourth-order valence-corrected chi connectivity index (χ4v) is 1.98. The van der Waals surface area contributed by atoms with Gasteiger partial charge < -0.3 is 4.74 Å². The smallest absolute Gasteiger partial charge is 0.423 e. The summed E-state index contributed by atoms with van der Waals surface area (Å²) in [5.41, 5.74) is -0.189. The van der Waals surface area contributed by atoms with Crippen molar-refractivity contribution in [3.63, 3.8) is 0 Å². The number of imide groups is 2. The molecule has 4 amide bonds. The SMILES string of the molecule is C=C1C(=O)N(Cc2ccccc2)C(=O)N1C(=O)OC(C)(C)C. The third-order valence-corrected chi connectivity index (χ3v) is 2.94. The number of benzene rings is 1. The maximum absolute atomic E-state index is 12.3. The van der Waals surface area contributed by atoms with Crippen molar-refractivity contribution < 1.29 is 19.1 Å². The number of hydrogen-bond donors (Lipinski definition) is 0. The minimum Gasteiger partial charge on any atom is -0.443 e. The van der Waals surface area contributed by atoms with E-state index >= 15 is 0 Å². The van der Waals surface area contributed by atoms with Gasteiger partial charge in [0.1, 0.15) is 11.3 Å². The van der Waals surface area contributed by atoms with E-state index < -0.39 is 23.6 Å². The van der Waals surface area contributed by atoms with Crippen LogP contribution < -0.4 is 0 Å². The third kappa shape index (κ3) is 3.16. The van der Waals surface area contributed by atoms with Gasteiger partial charge in [0, 0.05) is 0 Å². The van der Waals surface area contributed by atoms with Gasteiger partial charge in [-0.1, -0.05) is 36.9 Å². The van der Waals surface area contributed by atoms with Gasteiger partial charge in [0.2, 0.25) is 0 Å². The van der Waals surface area contributed by atoms with E-state index in [1.54, 1.807) is 45.0 Å². The fourth-order valence-electron chi connectivity index (χ4n) is 1.98. The topological polar surface area (TPSA) is 66.9 Å². The van der Waals surface area contributed by atoms with Crippen molar-refractivity contribution in [3.8, 4) is 0 Å². The molecule has 6 heteroatoms. The van der Waals surface area contributed by atoms with Gasteiger partial charge in [0.15, 0.2) is 0 Å². The highest BCUT2D eigenvalue weighted by atomic mass is 16.6. The monoisotopic (exact) mass is 302 g/mol. The van der Waals surface area contributed by atoms with Crippen LogP contribution in [0.1, 0.15) is 26.3 Å². The molecule has 0 N–H and O–H groups in total. The summed E-state index contributed by atoms with van der Waals surface area (Å²) in [7, 11) is 0. The van der Waals surface area contributed by atoms with E-state index in [9.17, 15) is 14.4 Å². The highest BCUT2D eigenvalue weighted by Gasteiger charge is 2.45. The molecule has 1 aliphatic heterocycles. The highest BCUT2D eigenvalue weighted by Crippen LogP contribution is 2.24. The molecule has 116 valence electrons. The van der Waals surface area contributed by atoms with Crippen LogP contribution in [0.5, 0.6) is 0 Å². The molecule has 2 rings (SSSR count). The van der Waals surface area contributed by atoms with Crippen LogP contribution in [0.3, 0.4) is 0 Å². The summed E-state index contributed by atoms with van der Waals surface area (Å²) in [5.74, 6) is -0.597. The Kier molecular flexibility index (Phi) is 4.03. The average Bonchev–Trinajstić information content (AvgIpc) is 2.62. The number of carbonyl (C=O) groups is 3. The molecule has 1 saturated heterocycles. The number of hydrogen-bond acceptors (Lipinski definition) is 4. The predicted molar refractivity (Wildman–Crippen MR) is 79.6 cm³/mol. The van der Waals surface area contributed by atoms with E-state index in [0.717, 1.165) is 10.5 Å². The lowest BCUT2D eigenvalue weighted by Crippen LogP contribution is -2.39. The maximum atomic E-state index is 12.3. The molecule has 22 heavy (non-hydrogen) atoms. The van der Waals surface area contributed by atoms with Crippen LogP contribution in [0.4, 0.5) is 9.59 Å². The Morgan fingerprint density at radius 1 is 1.18 bits per heavy atom. The van der Waals surface area contributed by atoms with Gasteiger partial charge in [-0.15, -0.1) is 0 Å². The Labute approximate surface area is 129 Å². The van der Waals surface area contributed by atoms with Gasteiger partial charge in [-0.25, -0.2) is 9.59 Å². The minimum absolute atomic E-state index is 0.0802. The summed E-state index contributed by atoms with van der Waals surface area (Å²) in [4.78, 5) is 38.2. The van der Waals surface area contributed by atoms with Gasteiger partial charge in [0.05, 0.1) is 6.54 Å². The second-order valence-electron chi connectivity index (χ2n) is 5.92. The van der Waals surface area contributed by atoms with Gasteiger partial charge in [-0.2, -0.15) is 4.90 Å². The van der Waals surface area contributed by atoms with Crippen molar-refractivity contribution in [1.82, 2.24) is 9.80 Å². The van der Waals surface area contributed by atoms with Crippen molar-refractivity contribution >= 4 is 18.0 Å². The van der Waals surface area contributed by atoms with Crippen LogP contribution >= 0.6 is 0 Å². The Hall–Kier alpha value is -2.63. The maximum Gasteiger partial charge on any atom is 0.423 e. The molecule has 1 aliphatic rings. The number of nitrogens with zero attached hydrogens (tertiary/aromatic N) is 2. The lowest BCUT2D eigenvalue weighted by molar-refractivity contribution is -0.123. The van der Waals surface area contributed by atoms with E-state index in [4.69, 9.17) is 4.74 Å². The van der Waals surface area contributed by atoms with Gasteiger partial charge >= 0.3 is 12.1 Å². The molecule has 0 atom stereocenters. The predicted octanol–water partition coefficient (Wildman–Crippen LogP) is 2.90. The van der Waals surface area contributed by atoms with E-state index in [2.05, 4.69) is 6.58 Å². The standard InChI is InChI=1S/C16H18N2O4/c1-11-13(19)17(10-12-8-6-5-7-9-12)14(20)18(11)15(21)22-16(2,3)4/h5-9H,1,10H2,2-4H3. The van der Waals surface area contributed by atoms with E-state index in [-0.39, 0.29) is 12.2 Å². The number of rotatable bonds is 2. The lowest BCUT2D eigenvalue weighted by Gasteiger charge is -2.23. The number of carbonyl (C=O) groups excluding carboxylic acids is 3. The van der Waals surface area contributed by atoms with Crippen LogP contribution in [-0.2, 0) is 16.1 Å². The molecule has 6 nitrogen and oxygen atoms in total. The van der Waals surface area contributed by atoms with E-state index in [1.165, 1.54) is 0 Å². The van der Waals surface area contributed by atoms with Crippen LogP contribution in [0.2, 0.25) is 0 Å². The summed E-state index contributed by atoms with van der Waals surface area (Å²) in [6.45, 7) is 8.64. The first-order chi connectivity index (χ1) is 10.2. The van der Waals surface area contributed by atoms with Crippen LogP contribution in [0.25, 0.3) is 0 Å². The first kappa shape index (κ1) is 15.8. The summed E-state index contributed by atoms with van der Waals surface area (Å²) < 4.78 is 5.14. The summed E-state index contributed by atoms with van der Waals surface area (Å²) >= 11 is 0. The second kappa shape index (κ2) is 5.63. The first-order valence-corrected chi connectivity index (χ1v) is 6.82. The summed E-state index contributed by atoms with van der Waals surface area (Å²) in [6.07, 6.45) is -0.897. The zero-order chi connectivity index (χ0) is 16.5. The Balaban J connectivity index is 2.19. The molecule has 1 aromatic rings. The molecule has 0 bridgehead atoms. The highest BCUT2D eigenvalue weighted by molar-refractivity contribution is 6.16. The van der Waals surface area contributed by atoms with Crippen LogP contribution in [-0.4, -0.2) is 33.4 Å². The molecule has 0 aliphatic carbocycles. The molecule has 0 radical (unpaired) electrons. The van der Waals surface area contributed by atoms with E-state index in [0.29, 0.717) is 4.90 Å². The first-order valence-electron chi connectivity index (χ1n) is 6.82. The largest absolute Gasteiger partial charge is 0.443 e. The Morgan fingerprint density at radius 3 is 2.32 bits per heavy atom. The molecular weight excluding hydrogens is 284 g/mol. The molecule has 0 unspecified atom stereocenters. The third-order valence-electron chi connectivity index (χ3n) is 2.94. The van der Waals surface area contributed by atoms with Crippen molar-refractivity contribution in [2.45, 2.75) is 32.9 Å². The van der Waals surface area contributed by atoms with Crippen LogP contribution in [0.15, 0.2) is 42.6 Å². The second-order valence-corrected chi connectivity index (χ2v) is 5.92. The fraction of sp³-hybridized carbons (Fsp3) is 0.312. The van der Waals surface area contributed by atoms with Crippen LogP contribution in [0, 0.1) is 0 Å². The Morgan fingerprint density at radius 2 is 1.77 bits per heavy atom. The zero-order valence-corrected chi connectivity index (χ0v) is 12.8. The number of amides is 4. The normalized spacial score (nSPS) is 15.5. The Bertz CT molecular complexity index is 631. The van der Waals surface area contributed by atoms with Crippen molar-refractivity contribution in [2.24, 2.45) is 0 Å². The molecule has 0 saturated carbocycles. The molecular formula is C16H18N2O4. The van der Waals surface area contributed by atoms with Gasteiger partial charge in [0.25, 0.3) is 5.91 Å². The lowest BCUT2D eigenvalue weighted by atomic mass is 10.2. The summed E-state index contributed by atoms with van der Waals surface area (Å²) in [5, 5.41) is 0. The molecule has 0 spiro atoms. The minimum atomic E-state index is -0.897. The number of urea groups is 1. The molecule has 1 aromatic carbocycles. The van der Waals surface area contributed by atoms with Crippen molar-refractivity contribution in [1.29, 1.82) is 0 Å². The quantitative estimate of drug-likeness (QED) is 0.622. The van der Waals surface area contributed by atoms with Gasteiger partial charge in [-0.05, 0) is 26.3 Å². The van der Waals surface area contributed by atoms with Gasteiger partial charge in [-0.3, -0.25) is 9.69 Å². The average molecular weight is 302 g/mol. The molecule has 0 aromatic heterocycles. The van der Waals surface area contributed by atoms with E-state index in [1.807, 2.05) is 6.07 Å². The van der Waals surface area contributed by atoms with Crippen molar-refractivity contribution in [3.05, 3.63) is 48.2 Å². The zero-order valence-electron chi connectivity index (χ0n) is 12.8.